The number of hydrogen-bond donors (Lipinski definition) is 0. The predicted molar refractivity (Wildman–Crippen MR) is 299 cm³/mol. The Morgan fingerprint density at radius 3 is 1.12 bits per heavy atom. The lowest BCUT2D eigenvalue weighted by molar-refractivity contribution is 1.08. The predicted octanol–water partition coefficient (Wildman–Crippen LogP) is 17.2. The lowest BCUT2D eigenvalue weighted by Crippen LogP contribution is -2.00. The Morgan fingerprint density at radius 2 is 0.542 bits per heavy atom. The molecule has 0 aliphatic carbocycles. The third-order valence-electron chi connectivity index (χ3n) is 14.1. The van der Waals surface area contributed by atoms with Crippen LogP contribution in [0.1, 0.15) is 0 Å². The summed E-state index contributed by atoms with van der Waals surface area (Å²) in [4.78, 5) is 25.9. The molecule has 0 N–H and O–H groups in total. The van der Waals surface area contributed by atoms with Crippen LogP contribution in [-0.2, 0) is 0 Å². The molecule has 0 bridgehead atoms. The van der Waals surface area contributed by atoms with Crippen molar-refractivity contribution in [2.24, 2.45) is 0 Å². The normalized spacial score (nSPS) is 11.6. The summed E-state index contributed by atoms with van der Waals surface area (Å²) in [6.07, 6.45) is 0. The maximum atomic E-state index is 5.22. The molecular weight excluding hydrogens is 875 g/mol. The number of aromatic nitrogens is 5. The molecule has 0 saturated carbocycles. The van der Waals surface area contributed by atoms with Gasteiger partial charge in [-0.15, -0.1) is 0 Å². The van der Waals surface area contributed by atoms with Crippen molar-refractivity contribution < 1.29 is 0 Å². The molecule has 0 radical (unpaired) electrons. The molecular formula is C67H41N5. The SMILES string of the molecule is c1ccc(-c2cc(-c3ccc(-c4cccc5cc(-c6nc(-c7ccc8ccccc8c7)nc(-c7ccc8c(ccc9ccccc98)c7)n6)ccc45)cc3)nc(-c3ccc4c(ccc5ccccc54)c3)n2)cc1. The van der Waals surface area contributed by atoms with Crippen LogP contribution < -0.4 is 0 Å². The molecule has 0 fully saturated rings. The molecule has 0 amide bonds. The van der Waals surface area contributed by atoms with E-state index in [0.717, 1.165) is 82.8 Å². The summed E-state index contributed by atoms with van der Waals surface area (Å²) in [7, 11) is 0. The molecule has 5 heteroatoms. The summed E-state index contributed by atoms with van der Waals surface area (Å²) in [5.74, 6) is 2.57. The maximum Gasteiger partial charge on any atom is 0.164 e. The van der Waals surface area contributed by atoms with Gasteiger partial charge in [-0.2, -0.15) is 0 Å². The van der Waals surface area contributed by atoms with E-state index in [2.05, 4.69) is 243 Å². The van der Waals surface area contributed by atoms with Crippen LogP contribution in [0.15, 0.2) is 249 Å². The lowest BCUT2D eigenvalue weighted by atomic mass is 9.95. The van der Waals surface area contributed by atoms with E-state index in [1.807, 2.05) is 6.07 Å². The van der Waals surface area contributed by atoms with Crippen LogP contribution >= 0.6 is 0 Å². The molecule has 0 atom stereocenters. The zero-order valence-electron chi connectivity index (χ0n) is 38.9. The lowest BCUT2D eigenvalue weighted by Gasteiger charge is -2.13. The average molecular weight is 916 g/mol. The van der Waals surface area contributed by atoms with Crippen molar-refractivity contribution in [1.29, 1.82) is 0 Å². The van der Waals surface area contributed by atoms with Gasteiger partial charge in [-0.25, -0.2) is 24.9 Å². The number of benzene rings is 12. The molecule has 14 aromatic rings. The molecule has 0 saturated heterocycles. The van der Waals surface area contributed by atoms with Crippen LogP contribution in [0.2, 0.25) is 0 Å². The fourth-order valence-electron chi connectivity index (χ4n) is 10.4. The zero-order chi connectivity index (χ0) is 47.5. The minimum Gasteiger partial charge on any atom is -0.228 e. The number of rotatable bonds is 7. The first-order chi connectivity index (χ1) is 35.6. The minimum absolute atomic E-state index is 0.620. The van der Waals surface area contributed by atoms with Gasteiger partial charge in [0.15, 0.2) is 23.3 Å². The standard InChI is InChI=1S/C67H41N5/c1-2-14-46(15-3-1)62-41-63(69-64(68-62)53-31-35-60-50(39-53)28-24-43-12-6-8-18-56(43)60)47-26-22-45(23-27-47)58-20-10-17-49-38-54(32-34-59(49)58)66-70-65(52-30-21-42-11-4-5-16-48(42)37-52)71-67(72-66)55-33-36-61-51(40-55)29-25-44-13-7-9-19-57(44)61/h1-41H. The van der Waals surface area contributed by atoms with Gasteiger partial charge in [-0.1, -0.05) is 218 Å². The molecule has 0 spiro atoms. The largest absolute Gasteiger partial charge is 0.228 e. The smallest absolute Gasteiger partial charge is 0.164 e. The molecule has 0 aliphatic heterocycles. The van der Waals surface area contributed by atoms with Gasteiger partial charge in [0.2, 0.25) is 0 Å². The first kappa shape index (κ1) is 41.3. The highest BCUT2D eigenvalue weighted by Crippen LogP contribution is 2.37. The summed E-state index contributed by atoms with van der Waals surface area (Å²) >= 11 is 0. The quantitative estimate of drug-likeness (QED) is 0.149. The second-order valence-electron chi connectivity index (χ2n) is 18.5. The third-order valence-corrected chi connectivity index (χ3v) is 14.1. The van der Waals surface area contributed by atoms with Gasteiger partial charge in [0.25, 0.3) is 0 Å². The fraction of sp³-hybridized carbons (Fsp3) is 0. The number of fused-ring (bicyclic) bond motifs is 8. The summed E-state index contributed by atoms with van der Waals surface area (Å²) in [6.45, 7) is 0. The van der Waals surface area contributed by atoms with Crippen LogP contribution in [0.3, 0.4) is 0 Å². The van der Waals surface area contributed by atoms with Crippen molar-refractivity contribution in [2.45, 2.75) is 0 Å². The molecule has 2 heterocycles. The highest BCUT2D eigenvalue weighted by atomic mass is 15.0. The number of nitrogens with zero attached hydrogens (tertiary/aromatic N) is 5. The first-order valence-electron chi connectivity index (χ1n) is 24.3. The van der Waals surface area contributed by atoms with Gasteiger partial charge in [-0.05, 0) is 106 Å². The molecule has 2 aromatic heterocycles. The Morgan fingerprint density at radius 1 is 0.181 bits per heavy atom. The van der Waals surface area contributed by atoms with E-state index in [0.29, 0.717) is 23.3 Å². The van der Waals surface area contributed by atoms with E-state index < -0.39 is 0 Å². The van der Waals surface area contributed by atoms with Gasteiger partial charge in [0.05, 0.1) is 11.4 Å². The molecule has 5 nitrogen and oxygen atoms in total. The van der Waals surface area contributed by atoms with Gasteiger partial charge in [0, 0.05) is 33.4 Å². The fourth-order valence-corrected chi connectivity index (χ4v) is 10.4. The van der Waals surface area contributed by atoms with Crippen molar-refractivity contribution in [3.8, 4) is 79.2 Å². The van der Waals surface area contributed by atoms with Crippen molar-refractivity contribution >= 4 is 64.6 Å². The van der Waals surface area contributed by atoms with E-state index in [1.54, 1.807) is 0 Å². The second kappa shape index (κ2) is 17.1. The first-order valence-corrected chi connectivity index (χ1v) is 24.3. The van der Waals surface area contributed by atoms with E-state index in [4.69, 9.17) is 24.9 Å². The third kappa shape index (κ3) is 7.40. The van der Waals surface area contributed by atoms with Crippen LogP contribution in [0.4, 0.5) is 0 Å². The molecule has 0 aliphatic rings. The van der Waals surface area contributed by atoms with Crippen molar-refractivity contribution in [3.63, 3.8) is 0 Å². The second-order valence-corrected chi connectivity index (χ2v) is 18.5. The molecule has 14 rings (SSSR count). The summed E-state index contributed by atoms with van der Waals surface area (Å²) in [5.41, 5.74) is 9.82. The van der Waals surface area contributed by atoms with Crippen molar-refractivity contribution in [1.82, 2.24) is 24.9 Å². The summed E-state index contributed by atoms with van der Waals surface area (Å²) in [6, 6.07) is 87.9. The highest BCUT2D eigenvalue weighted by Gasteiger charge is 2.17. The Hall–Kier alpha value is -9.71. The van der Waals surface area contributed by atoms with Crippen molar-refractivity contribution in [2.75, 3.05) is 0 Å². The Balaban J connectivity index is 0.831. The van der Waals surface area contributed by atoms with E-state index in [9.17, 15) is 0 Å². The van der Waals surface area contributed by atoms with Gasteiger partial charge >= 0.3 is 0 Å². The van der Waals surface area contributed by atoms with Gasteiger partial charge < -0.3 is 0 Å². The van der Waals surface area contributed by atoms with Gasteiger partial charge in [0.1, 0.15) is 0 Å². The topological polar surface area (TPSA) is 64.5 Å². The summed E-state index contributed by atoms with van der Waals surface area (Å²) < 4.78 is 0. The van der Waals surface area contributed by atoms with Crippen molar-refractivity contribution in [3.05, 3.63) is 249 Å². The Bertz CT molecular complexity index is 4450. The number of hydrogen-bond acceptors (Lipinski definition) is 5. The van der Waals surface area contributed by atoms with E-state index in [1.165, 1.54) is 37.7 Å². The molecule has 12 aromatic carbocycles. The van der Waals surface area contributed by atoms with Crippen LogP contribution in [0.5, 0.6) is 0 Å². The van der Waals surface area contributed by atoms with Crippen LogP contribution in [0, 0.1) is 0 Å². The highest BCUT2D eigenvalue weighted by molar-refractivity contribution is 6.09. The average Bonchev–Trinajstić information content (AvgIpc) is 3.46. The molecule has 72 heavy (non-hydrogen) atoms. The van der Waals surface area contributed by atoms with E-state index in [-0.39, 0.29) is 0 Å². The maximum absolute atomic E-state index is 5.22. The van der Waals surface area contributed by atoms with Gasteiger partial charge in [-0.3, -0.25) is 0 Å². The molecule has 0 unspecified atom stereocenters. The zero-order valence-corrected chi connectivity index (χ0v) is 38.9. The van der Waals surface area contributed by atoms with Crippen LogP contribution in [-0.4, -0.2) is 24.9 Å². The van der Waals surface area contributed by atoms with E-state index >= 15 is 0 Å². The van der Waals surface area contributed by atoms with Crippen LogP contribution in [0.25, 0.3) is 144 Å². The minimum atomic E-state index is 0.620. The summed E-state index contributed by atoms with van der Waals surface area (Å²) in [5, 5.41) is 14.2. The molecule has 334 valence electrons. The monoisotopic (exact) mass is 915 g/mol. The Kier molecular flexibility index (Phi) is 9.78. The Labute approximate surface area is 415 Å².